The molecule has 0 aliphatic rings. The van der Waals surface area contributed by atoms with Gasteiger partial charge in [-0.3, -0.25) is 0 Å². The topological polar surface area (TPSA) is 0 Å². The summed E-state index contributed by atoms with van der Waals surface area (Å²) < 4.78 is 6.97. The summed E-state index contributed by atoms with van der Waals surface area (Å²) in [5.41, 5.74) is 0. The Morgan fingerprint density at radius 3 is 1.14 bits per heavy atom. The van der Waals surface area contributed by atoms with Gasteiger partial charge in [-0.2, -0.15) is 0 Å². The van der Waals surface area contributed by atoms with Crippen LogP contribution in [0.25, 0.3) is 0 Å². The van der Waals surface area contributed by atoms with E-state index in [9.17, 15) is 0 Å². The Hall–Kier alpha value is 0.298. The van der Waals surface area contributed by atoms with E-state index in [4.69, 9.17) is 0 Å². The van der Waals surface area contributed by atoms with E-state index >= 15 is 0 Å². The molecule has 0 fully saturated rings. The standard InChI is InChI=1S/3C2H4.Pt/c3*1-2;/h3*1H,2H3;. The van der Waals surface area contributed by atoms with E-state index in [0.29, 0.717) is 0 Å². The van der Waals surface area contributed by atoms with Crippen LogP contribution in [0, 0.1) is 0 Å². The molecule has 0 aliphatic heterocycles. The molecular formula is C6H12Pt. The first-order valence-electron chi connectivity index (χ1n) is 2.28. The zero-order valence-corrected chi connectivity index (χ0v) is 7.32. The normalized spacial score (nSPS) is 9.86. The number of hydrogen-bond acceptors (Lipinski definition) is 0. The predicted molar refractivity (Wildman–Crippen MR) is 35.2 cm³/mol. The average Bonchev–Trinajstić information content (AvgIpc) is 1.72. The molecule has 0 saturated heterocycles. The van der Waals surface area contributed by atoms with E-state index in [0.717, 1.165) is 0 Å². The van der Waals surface area contributed by atoms with Gasteiger partial charge in [-0.15, -0.1) is 0 Å². The van der Waals surface area contributed by atoms with Gasteiger partial charge in [0, 0.05) is 0 Å². The van der Waals surface area contributed by atoms with Crippen LogP contribution in [0.1, 0.15) is 20.8 Å². The molecule has 0 amide bonds. The van der Waals surface area contributed by atoms with Crippen molar-refractivity contribution < 1.29 is 15.9 Å². The third kappa shape index (κ3) is 2.93. The monoisotopic (exact) mass is 279 g/mol. The summed E-state index contributed by atoms with van der Waals surface area (Å²) in [4.78, 5) is 0. The summed E-state index contributed by atoms with van der Waals surface area (Å²) in [6, 6.07) is 0. The first-order valence-corrected chi connectivity index (χ1v) is 6.22. The molecule has 0 aromatic carbocycles. The molecule has 0 bridgehead atoms. The maximum atomic E-state index is 2.32. The summed E-state index contributed by atoms with van der Waals surface area (Å²) in [7, 11) is 0. The van der Waals surface area contributed by atoms with E-state index in [1.807, 2.05) is 0 Å². The minimum absolute atomic E-state index is 0.701. The van der Waals surface area contributed by atoms with Crippen LogP contribution < -0.4 is 0 Å². The molecule has 0 unspecified atom stereocenters. The van der Waals surface area contributed by atoms with Gasteiger partial charge < -0.3 is 0 Å². The van der Waals surface area contributed by atoms with Crippen molar-refractivity contribution in [2.75, 3.05) is 0 Å². The molecule has 0 aromatic rings. The molecule has 0 aliphatic carbocycles. The van der Waals surface area contributed by atoms with Crippen LogP contribution in [0.15, 0.2) is 0 Å². The molecule has 0 atom stereocenters. The van der Waals surface area contributed by atoms with Crippen LogP contribution >= 0.6 is 0 Å². The summed E-state index contributed by atoms with van der Waals surface area (Å²) >= 11 is -0.701. The van der Waals surface area contributed by atoms with Crippen LogP contribution in [0.4, 0.5) is 0 Å². The molecule has 0 saturated carbocycles. The van der Waals surface area contributed by atoms with Gasteiger partial charge in [0.15, 0.2) is 0 Å². The minimum atomic E-state index is -0.701. The molecule has 0 heterocycles. The van der Waals surface area contributed by atoms with Crippen LogP contribution in [0.3, 0.4) is 0 Å². The molecule has 0 nitrogen and oxygen atoms in total. The Labute approximate surface area is 50.3 Å². The first kappa shape index (κ1) is 7.30. The van der Waals surface area contributed by atoms with E-state index in [2.05, 4.69) is 34.0 Å². The molecule has 0 N–H and O–H groups in total. The molecular weight excluding hydrogens is 267 g/mol. The van der Waals surface area contributed by atoms with E-state index in [-0.39, 0.29) is 0 Å². The predicted octanol–water partition coefficient (Wildman–Crippen LogP) is 1.07. The van der Waals surface area contributed by atoms with Gasteiger partial charge in [-0.1, -0.05) is 0 Å². The first-order chi connectivity index (χ1) is 3.35. The molecule has 46 valence electrons. The zero-order chi connectivity index (χ0) is 5.70. The maximum absolute atomic E-state index is 2.32. The molecule has 0 aromatic heterocycles. The fourth-order valence-corrected chi connectivity index (χ4v) is 2.59. The van der Waals surface area contributed by atoms with Crippen molar-refractivity contribution in [1.82, 2.24) is 0 Å². The molecule has 0 rings (SSSR count). The second kappa shape index (κ2) is 4.46. The molecule has 1 heteroatoms. The van der Waals surface area contributed by atoms with Crippen LogP contribution in [0.2, 0.25) is 0 Å². The van der Waals surface area contributed by atoms with Crippen molar-refractivity contribution in [2.45, 2.75) is 20.8 Å². The third-order valence-corrected chi connectivity index (χ3v) is 5.18. The quantitative estimate of drug-likeness (QED) is 0.622. The van der Waals surface area contributed by atoms with Gasteiger partial charge in [-0.05, 0) is 0 Å². The van der Waals surface area contributed by atoms with Crippen molar-refractivity contribution in [1.29, 1.82) is 0 Å². The zero-order valence-electron chi connectivity index (χ0n) is 5.05. The Bertz CT molecular complexity index is 125. The SMILES string of the molecule is C[CH]=[Pt](=[CH]C)=[CH]C. The van der Waals surface area contributed by atoms with Gasteiger partial charge in [0.1, 0.15) is 0 Å². The summed E-state index contributed by atoms with van der Waals surface area (Å²) in [6.45, 7) is 6.43. The summed E-state index contributed by atoms with van der Waals surface area (Å²) in [5, 5.41) is 0. The third-order valence-electron chi connectivity index (χ3n) is 0.632. The van der Waals surface area contributed by atoms with E-state index in [1.54, 1.807) is 0 Å². The second-order valence-electron chi connectivity index (χ2n) is 0.864. The van der Waals surface area contributed by atoms with Crippen molar-refractivity contribution in [3.05, 3.63) is 0 Å². The van der Waals surface area contributed by atoms with Crippen LogP contribution in [-0.2, 0) is 15.9 Å². The van der Waals surface area contributed by atoms with E-state index < -0.39 is 15.9 Å². The van der Waals surface area contributed by atoms with Crippen LogP contribution in [-0.4, -0.2) is 13.2 Å². The average molecular weight is 279 g/mol. The fraction of sp³-hybridized carbons (Fsp3) is 0.500. The van der Waals surface area contributed by atoms with Crippen LogP contribution in [0.5, 0.6) is 0 Å². The van der Waals surface area contributed by atoms with Gasteiger partial charge >= 0.3 is 49.9 Å². The number of hydrogen-bond donors (Lipinski definition) is 0. The van der Waals surface area contributed by atoms with Crippen molar-refractivity contribution in [3.63, 3.8) is 0 Å². The molecule has 0 radical (unpaired) electrons. The van der Waals surface area contributed by atoms with Gasteiger partial charge in [0.2, 0.25) is 0 Å². The van der Waals surface area contributed by atoms with Gasteiger partial charge in [-0.25, -0.2) is 0 Å². The molecule has 0 spiro atoms. The summed E-state index contributed by atoms with van der Waals surface area (Å²) in [5.74, 6) is 0. The van der Waals surface area contributed by atoms with Gasteiger partial charge in [0.05, 0.1) is 0 Å². The van der Waals surface area contributed by atoms with Crippen molar-refractivity contribution in [3.8, 4) is 0 Å². The van der Waals surface area contributed by atoms with Crippen molar-refractivity contribution in [2.24, 2.45) is 0 Å². The Morgan fingerprint density at radius 1 is 0.857 bits per heavy atom. The Morgan fingerprint density at radius 2 is 1.14 bits per heavy atom. The molecule has 7 heavy (non-hydrogen) atoms. The van der Waals surface area contributed by atoms with Crippen molar-refractivity contribution >= 4 is 13.2 Å². The number of rotatable bonds is 0. The fourth-order valence-electron chi connectivity index (χ4n) is 0.316. The van der Waals surface area contributed by atoms with Gasteiger partial charge in [0.25, 0.3) is 0 Å². The second-order valence-corrected chi connectivity index (χ2v) is 7.07. The van der Waals surface area contributed by atoms with E-state index in [1.165, 1.54) is 0 Å². The summed E-state index contributed by atoms with van der Waals surface area (Å²) in [6.07, 6.45) is 0. The Balaban J connectivity index is 4.54. The Kier molecular flexibility index (Phi) is 4.65.